The summed E-state index contributed by atoms with van der Waals surface area (Å²) >= 11 is 0. The molecular formula is C9H16O3. The highest BCUT2D eigenvalue weighted by Gasteiger charge is 2.32. The van der Waals surface area contributed by atoms with Crippen molar-refractivity contribution < 1.29 is 14.7 Å². The molecule has 0 amide bonds. The first kappa shape index (κ1) is 11.3. The smallest absolute Gasteiger partial charge is 0.161 e. The summed E-state index contributed by atoms with van der Waals surface area (Å²) in [7, 11) is 0. The van der Waals surface area contributed by atoms with Gasteiger partial charge in [-0.05, 0) is 20.3 Å². The molecule has 0 aromatic carbocycles. The quantitative estimate of drug-likeness (QED) is 0.675. The number of carbonyl (C=O) groups excluding carboxylic acids is 2. The standard InChI is InChI=1S/C9H16O3/c1-4-5-9(12,8(3)11)6-7(2)10/h12H,4-6H2,1-3H3. The molecule has 0 fully saturated rings. The minimum Gasteiger partial charge on any atom is -0.382 e. The fourth-order valence-corrected chi connectivity index (χ4v) is 1.21. The van der Waals surface area contributed by atoms with Gasteiger partial charge >= 0.3 is 0 Å². The van der Waals surface area contributed by atoms with E-state index < -0.39 is 5.60 Å². The first-order valence-electron chi connectivity index (χ1n) is 4.15. The van der Waals surface area contributed by atoms with Crippen LogP contribution in [0.3, 0.4) is 0 Å². The second-order valence-corrected chi connectivity index (χ2v) is 3.22. The van der Waals surface area contributed by atoms with Crippen LogP contribution in [0.25, 0.3) is 0 Å². The topological polar surface area (TPSA) is 54.4 Å². The Morgan fingerprint density at radius 3 is 2.08 bits per heavy atom. The fourth-order valence-electron chi connectivity index (χ4n) is 1.21. The normalized spacial score (nSPS) is 15.3. The molecule has 0 radical (unpaired) electrons. The van der Waals surface area contributed by atoms with Crippen molar-refractivity contribution in [2.75, 3.05) is 0 Å². The summed E-state index contributed by atoms with van der Waals surface area (Å²) in [6, 6.07) is 0. The third-order valence-corrected chi connectivity index (χ3v) is 1.86. The average molecular weight is 172 g/mol. The third-order valence-electron chi connectivity index (χ3n) is 1.86. The fraction of sp³-hybridized carbons (Fsp3) is 0.778. The van der Waals surface area contributed by atoms with Gasteiger partial charge in [0, 0.05) is 6.42 Å². The van der Waals surface area contributed by atoms with Gasteiger partial charge in [-0.1, -0.05) is 13.3 Å². The van der Waals surface area contributed by atoms with E-state index in [0.717, 1.165) is 0 Å². The van der Waals surface area contributed by atoms with Crippen LogP contribution in [0.2, 0.25) is 0 Å². The molecule has 0 aromatic rings. The number of Topliss-reactive ketones (excluding diaryl/α,β-unsaturated/α-hetero) is 2. The van der Waals surface area contributed by atoms with Gasteiger partial charge < -0.3 is 5.11 Å². The number of carbonyl (C=O) groups is 2. The Hall–Kier alpha value is -0.700. The van der Waals surface area contributed by atoms with Gasteiger partial charge in [-0.25, -0.2) is 0 Å². The molecule has 0 heterocycles. The van der Waals surface area contributed by atoms with E-state index in [2.05, 4.69) is 0 Å². The summed E-state index contributed by atoms with van der Waals surface area (Å²) in [5, 5.41) is 9.69. The molecule has 0 aromatic heterocycles. The summed E-state index contributed by atoms with van der Waals surface area (Å²) in [5.74, 6) is -0.472. The van der Waals surface area contributed by atoms with E-state index in [1.54, 1.807) is 0 Å². The Labute approximate surface area is 72.8 Å². The SMILES string of the molecule is CCCC(O)(CC(C)=O)C(C)=O. The molecule has 0 aliphatic carbocycles. The first-order chi connectivity index (χ1) is 5.42. The van der Waals surface area contributed by atoms with Crippen molar-refractivity contribution in [1.29, 1.82) is 0 Å². The van der Waals surface area contributed by atoms with Gasteiger partial charge in [-0.2, -0.15) is 0 Å². The first-order valence-corrected chi connectivity index (χ1v) is 4.15. The highest BCUT2D eigenvalue weighted by Crippen LogP contribution is 2.18. The predicted molar refractivity (Wildman–Crippen MR) is 45.8 cm³/mol. The minimum absolute atomic E-state index is 0.0594. The Morgan fingerprint density at radius 2 is 1.83 bits per heavy atom. The molecule has 0 rings (SSSR count). The molecule has 12 heavy (non-hydrogen) atoms. The molecule has 0 bridgehead atoms. The summed E-state index contributed by atoms with van der Waals surface area (Å²) in [6.07, 6.45) is 1.00. The zero-order chi connectivity index (χ0) is 9.78. The highest BCUT2D eigenvalue weighted by molar-refractivity contribution is 5.90. The van der Waals surface area contributed by atoms with Crippen molar-refractivity contribution in [3.8, 4) is 0 Å². The van der Waals surface area contributed by atoms with E-state index in [0.29, 0.717) is 12.8 Å². The largest absolute Gasteiger partial charge is 0.382 e. The summed E-state index contributed by atoms with van der Waals surface area (Å²) in [4.78, 5) is 21.7. The van der Waals surface area contributed by atoms with Crippen LogP contribution in [0, 0.1) is 0 Å². The second-order valence-electron chi connectivity index (χ2n) is 3.22. The molecule has 1 N–H and O–H groups in total. The lowest BCUT2D eigenvalue weighted by Gasteiger charge is -2.22. The molecule has 1 atom stereocenters. The number of hydrogen-bond donors (Lipinski definition) is 1. The van der Waals surface area contributed by atoms with Gasteiger partial charge in [0.2, 0.25) is 0 Å². The zero-order valence-corrected chi connectivity index (χ0v) is 7.89. The zero-order valence-electron chi connectivity index (χ0n) is 7.89. The lowest BCUT2D eigenvalue weighted by atomic mass is 9.89. The second kappa shape index (κ2) is 4.36. The molecule has 0 spiro atoms. The summed E-state index contributed by atoms with van der Waals surface area (Å²) < 4.78 is 0. The Bertz CT molecular complexity index is 186. The Kier molecular flexibility index (Phi) is 4.10. The van der Waals surface area contributed by atoms with Crippen molar-refractivity contribution >= 4 is 11.6 Å². The number of rotatable bonds is 5. The molecule has 3 heteroatoms. The van der Waals surface area contributed by atoms with Crippen molar-refractivity contribution in [2.45, 2.75) is 45.6 Å². The van der Waals surface area contributed by atoms with Gasteiger partial charge in [0.1, 0.15) is 11.4 Å². The predicted octanol–water partition coefficient (Wildman–Crippen LogP) is 1.09. The van der Waals surface area contributed by atoms with Crippen molar-refractivity contribution in [3.63, 3.8) is 0 Å². The average Bonchev–Trinajstić information content (AvgIpc) is 1.85. The molecule has 3 nitrogen and oxygen atoms in total. The molecule has 0 aliphatic rings. The minimum atomic E-state index is -1.42. The van der Waals surface area contributed by atoms with Crippen LogP contribution in [-0.2, 0) is 9.59 Å². The number of aliphatic hydroxyl groups is 1. The number of hydrogen-bond acceptors (Lipinski definition) is 3. The molecule has 0 saturated carbocycles. The van der Waals surface area contributed by atoms with Gasteiger partial charge in [-0.15, -0.1) is 0 Å². The maximum absolute atomic E-state index is 11.0. The van der Waals surface area contributed by atoms with Crippen molar-refractivity contribution in [3.05, 3.63) is 0 Å². The van der Waals surface area contributed by atoms with Gasteiger partial charge in [-0.3, -0.25) is 9.59 Å². The maximum Gasteiger partial charge on any atom is 0.161 e. The van der Waals surface area contributed by atoms with Crippen LogP contribution in [0.1, 0.15) is 40.0 Å². The molecule has 70 valence electrons. The monoisotopic (exact) mass is 172 g/mol. The van der Waals surface area contributed by atoms with E-state index in [-0.39, 0.29) is 18.0 Å². The van der Waals surface area contributed by atoms with E-state index in [1.165, 1.54) is 13.8 Å². The van der Waals surface area contributed by atoms with Crippen molar-refractivity contribution in [1.82, 2.24) is 0 Å². The summed E-state index contributed by atoms with van der Waals surface area (Å²) in [6.45, 7) is 4.57. The molecule has 0 saturated heterocycles. The Morgan fingerprint density at radius 1 is 1.33 bits per heavy atom. The highest BCUT2D eigenvalue weighted by atomic mass is 16.3. The van der Waals surface area contributed by atoms with Crippen LogP contribution >= 0.6 is 0 Å². The van der Waals surface area contributed by atoms with Crippen LogP contribution in [0.4, 0.5) is 0 Å². The lowest BCUT2D eigenvalue weighted by Crippen LogP contribution is -2.38. The van der Waals surface area contributed by atoms with Crippen LogP contribution in [-0.4, -0.2) is 22.3 Å². The summed E-state index contributed by atoms with van der Waals surface area (Å²) in [5.41, 5.74) is -1.42. The van der Waals surface area contributed by atoms with E-state index in [1.807, 2.05) is 6.92 Å². The third kappa shape index (κ3) is 3.13. The van der Waals surface area contributed by atoms with E-state index in [4.69, 9.17) is 0 Å². The van der Waals surface area contributed by atoms with Gasteiger partial charge in [0.05, 0.1) is 0 Å². The molecule has 0 aliphatic heterocycles. The van der Waals surface area contributed by atoms with Gasteiger partial charge in [0.25, 0.3) is 0 Å². The molecular weight excluding hydrogens is 156 g/mol. The van der Waals surface area contributed by atoms with E-state index in [9.17, 15) is 14.7 Å². The Balaban J connectivity index is 4.38. The van der Waals surface area contributed by atoms with Crippen LogP contribution in [0.5, 0.6) is 0 Å². The van der Waals surface area contributed by atoms with Crippen LogP contribution < -0.4 is 0 Å². The van der Waals surface area contributed by atoms with E-state index >= 15 is 0 Å². The van der Waals surface area contributed by atoms with Gasteiger partial charge in [0.15, 0.2) is 5.78 Å². The van der Waals surface area contributed by atoms with Crippen molar-refractivity contribution in [2.24, 2.45) is 0 Å². The van der Waals surface area contributed by atoms with Crippen LogP contribution in [0.15, 0.2) is 0 Å². The lowest BCUT2D eigenvalue weighted by molar-refractivity contribution is -0.141. The molecule has 1 unspecified atom stereocenters. The number of ketones is 2. The maximum atomic E-state index is 11.0.